The number of hydrogen-bond donors (Lipinski definition) is 1. The number of carbonyl (C=O) groups excluding carboxylic acids is 1. The lowest BCUT2D eigenvalue weighted by Crippen LogP contribution is -2.48. The maximum Gasteiger partial charge on any atom is 0.255 e. The van der Waals surface area contributed by atoms with Gasteiger partial charge >= 0.3 is 0 Å². The summed E-state index contributed by atoms with van der Waals surface area (Å²) >= 11 is 3.37. The summed E-state index contributed by atoms with van der Waals surface area (Å²) < 4.78 is 6.29. The summed E-state index contributed by atoms with van der Waals surface area (Å²) in [7, 11) is 0. The summed E-state index contributed by atoms with van der Waals surface area (Å²) in [4.78, 5) is 14.3. The first kappa shape index (κ1) is 13.4. The number of carbonyl (C=O) groups is 1. The average Bonchev–Trinajstić information content (AvgIpc) is 2.30. The number of nitrogens with two attached hydrogens (primary N) is 1. The molecule has 1 aromatic carbocycles. The van der Waals surface area contributed by atoms with Crippen LogP contribution < -0.4 is 5.73 Å². The Morgan fingerprint density at radius 3 is 2.61 bits per heavy atom. The Hall–Kier alpha value is -1.07. The van der Waals surface area contributed by atoms with Crippen molar-refractivity contribution in [3.05, 3.63) is 28.2 Å². The molecule has 2 rings (SSSR count). The van der Waals surface area contributed by atoms with Gasteiger partial charge < -0.3 is 15.4 Å². The number of hydrogen-bond acceptors (Lipinski definition) is 3. The van der Waals surface area contributed by atoms with Crippen LogP contribution in [-0.4, -0.2) is 36.1 Å². The molecule has 1 aromatic rings. The molecule has 1 aliphatic rings. The Balaban J connectivity index is 2.23. The van der Waals surface area contributed by atoms with Crippen LogP contribution in [0.4, 0.5) is 5.69 Å². The molecule has 1 fully saturated rings. The molecule has 0 spiro atoms. The number of amides is 1. The highest BCUT2D eigenvalue weighted by atomic mass is 79.9. The van der Waals surface area contributed by atoms with Crippen LogP contribution in [0.1, 0.15) is 24.2 Å². The fraction of sp³-hybridized carbons (Fsp3) is 0.462. The molecule has 5 heteroatoms. The number of benzene rings is 1. The third-order valence-electron chi connectivity index (χ3n) is 2.97. The number of anilines is 1. The topological polar surface area (TPSA) is 55.6 Å². The van der Waals surface area contributed by atoms with Crippen LogP contribution in [0, 0.1) is 0 Å². The fourth-order valence-electron chi connectivity index (χ4n) is 2.23. The minimum atomic E-state index is -0.00354. The quantitative estimate of drug-likeness (QED) is 0.809. The second-order valence-electron chi connectivity index (χ2n) is 4.68. The SMILES string of the molecule is C[C@@H]1CN(C(=O)c2cccc(N)c2Br)C[C@H](C)O1. The van der Waals surface area contributed by atoms with Gasteiger partial charge in [-0.15, -0.1) is 0 Å². The molecular weight excluding hydrogens is 296 g/mol. The van der Waals surface area contributed by atoms with E-state index in [0.717, 1.165) is 0 Å². The molecule has 1 amide bonds. The Morgan fingerprint density at radius 1 is 1.39 bits per heavy atom. The Labute approximate surface area is 115 Å². The van der Waals surface area contributed by atoms with Crippen LogP contribution in [-0.2, 0) is 4.74 Å². The number of morpholine rings is 1. The standard InChI is InChI=1S/C13H17BrN2O2/c1-8-6-16(7-9(2)18-8)13(17)10-4-3-5-11(15)12(10)14/h3-5,8-9H,6-7,15H2,1-2H3/t8-,9+. The zero-order chi connectivity index (χ0) is 13.3. The van der Waals surface area contributed by atoms with E-state index in [4.69, 9.17) is 10.5 Å². The van der Waals surface area contributed by atoms with E-state index in [-0.39, 0.29) is 18.1 Å². The summed E-state index contributed by atoms with van der Waals surface area (Å²) in [5.74, 6) is -0.00354. The number of nitrogen functional groups attached to an aromatic ring is 1. The van der Waals surface area contributed by atoms with Gasteiger partial charge in [0, 0.05) is 18.8 Å². The third-order valence-corrected chi connectivity index (χ3v) is 3.85. The monoisotopic (exact) mass is 312 g/mol. The molecule has 98 valence electrons. The minimum Gasteiger partial charge on any atom is -0.398 e. The molecule has 0 saturated carbocycles. The van der Waals surface area contributed by atoms with Gasteiger partial charge in [0.25, 0.3) is 5.91 Å². The van der Waals surface area contributed by atoms with E-state index in [9.17, 15) is 4.79 Å². The van der Waals surface area contributed by atoms with Gasteiger partial charge in [-0.05, 0) is 41.9 Å². The van der Waals surface area contributed by atoms with Crippen molar-refractivity contribution in [3.8, 4) is 0 Å². The minimum absolute atomic E-state index is 0.00354. The number of rotatable bonds is 1. The van der Waals surface area contributed by atoms with E-state index in [1.807, 2.05) is 18.7 Å². The Kier molecular flexibility index (Phi) is 3.92. The lowest BCUT2D eigenvalue weighted by molar-refractivity contribution is -0.0586. The van der Waals surface area contributed by atoms with E-state index in [1.165, 1.54) is 0 Å². The zero-order valence-electron chi connectivity index (χ0n) is 10.5. The van der Waals surface area contributed by atoms with Crippen LogP contribution in [0.5, 0.6) is 0 Å². The van der Waals surface area contributed by atoms with Gasteiger partial charge in [0.15, 0.2) is 0 Å². The molecule has 1 heterocycles. The Bertz CT molecular complexity index is 454. The maximum atomic E-state index is 12.4. The smallest absolute Gasteiger partial charge is 0.255 e. The van der Waals surface area contributed by atoms with Crippen molar-refractivity contribution in [1.29, 1.82) is 0 Å². The van der Waals surface area contributed by atoms with Gasteiger partial charge in [0.05, 0.1) is 22.2 Å². The molecule has 2 atom stereocenters. The van der Waals surface area contributed by atoms with Crippen molar-refractivity contribution >= 4 is 27.5 Å². The van der Waals surface area contributed by atoms with Gasteiger partial charge in [0.2, 0.25) is 0 Å². The Morgan fingerprint density at radius 2 is 2.00 bits per heavy atom. The molecule has 18 heavy (non-hydrogen) atoms. The lowest BCUT2D eigenvalue weighted by Gasteiger charge is -2.35. The van der Waals surface area contributed by atoms with Crippen LogP contribution in [0.15, 0.2) is 22.7 Å². The van der Waals surface area contributed by atoms with Gasteiger partial charge in [-0.2, -0.15) is 0 Å². The zero-order valence-corrected chi connectivity index (χ0v) is 12.1. The largest absolute Gasteiger partial charge is 0.398 e. The number of halogens is 1. The van der Waals surface area contributed by atoms with Crippen LogP contribution in [0.3, 0.4) is 0 Å². The van der Waals surface area contributed by atoms with Crippen molar-refractivity contribution in [2.45, 2.75) is 26.1 Å². The van der Waals surface area contributed by atoms with Gasteiger partial charge in [0.1, 0.15) is 0 Å². The van der Waals surface area contributed by atoms with E-state index >= 15 is 0 Å². The maximum absolute atomic E-state index is 12.4. The van der Waals surface area contributed by atoms with Gasteiger partial charge in [-0.3, -0.25) is 4.79 Å². The first-order valence-electron chi connectivity index (χ1n) is 5.97. The summed E-state index contributed by atoms with van der Waals surface area (Å²) in [5.41, 5.74) is 6.99. The lowest BCUT2D eigenvalue weighted by atomic mass is 10.1. The van der Waals surface area contributed by atoms with Crippen molar-refractivity contribution in [2.75, 3.05) is 18.8 Å². The van der Waals surface area contributed by atoms with Crippen molar-refractivity contribution in [2.24, 2.45) is 0 Å². The van der Waals surface area contributed by atoms with E-state index < -0.39 is 0 Å². The van der Waals surface area contributed by atoms with Crippen LogP contribution >= 0.6 is 15.9 Å². The third kappa shape index (κ3) is 2.67. The van der Waals surface area contributed by atoms with E-state index in [2.05, 4.69) is 15.9 Å². The normalized spacial score (nSPS) is 24.1. The van der Waals surface area contributed by atoms with Crippen molar-refractivity contribution in [3.63, 3.8) is 0 Å². The second-order valence-corrected chi connectivity index (χ2v) is 5.47. The second kappa shape index (κ2) is 5.28. The average molecular weight is 313 g/mol. The van der Waals surface area contributed by atoms with Crippen molar-refractivity contribution < 1.29 is 9.53 Å². The number of nitrogens with zero attached hydrogens (tertiary/aromatic N) is 1. The molecule has 0 aliphatic carbocycles. The summed E-state index contributed by atoms with van der Waals surface area (Å²) in [6.45, 7) is 5.18. The molecule has 1 aliphatic heterocycles. The number of ether oxygens (including phenoxy) is 1. The molecule has 0 aromatic heterocycles. The van der Waals surface area contributed by atoms with E-state index in [1.54, 1.807) is 18.2 Å². The summed E-state index contributed by atoms with van der Waals surface area (Å²) in [6.07, 6.45) is 0.134. The first-order valence-corrected chi connectivity index (χ1v) is 6.77. The molecule has 2 N–H and O–H groups in total. The summed E-state index contributed by atoms with van der Waals surface area (Å²) in [6, 6.07) is 5.35. The highest BCUT2D eigenvalue weighted by molar-refractivity contribution is 9.10. The van der Waals surface area contributed by atoms with Crippen LogP contribution in [0.2, 0.25) is 0 Å². The molecule has 0 radical (unpaired) electrons. The van der Waals surface area contributed by atoms with E-state index in [0.29, 0.717) is 28.8 Å². The highest BCUT2D eigenvalue weighted by Gasteiger charge is 2.27. The molecule has 0 bridgehead atoms. The molecule has 0 unspecified atom stereocenters. The summed E-state index contributed by atoms with van der Waals surface area (Å²) in [5, 5.41) is 0. The molecular formula is C13H17BrN2O2. The molecule has 4 nitrogen and oxygen atoms in total. The molecule has 1 saturated heterocycles. The fourth-order valence-corrected chi connectivity index (χ4v) is 2.66. The van der Waals surface area contributed by atoms with Gasteiger partial charge in [-0.1, -0.05) is 6.07 Å². The predicted molar refractivity (Wildman–Crippen MR) is 74.5 cm³/mol. The predicted octanol–water partition coefficient (Wildman–Crippen LogP) is 2.28. The van der Waals surface area contributed by atoms with Gasteiger partial charge in [-0.25, -0.2) is 0 Å². The first-order chi connectivity index (χ1) is 8.49. The van der Waals surface area contributed by atoms with Crippen LogP contribution in [0.25, 0.3) is 0 Å². The van der Waals surface area contributed by atoms with Crippen molar-refractivity contribution in [1.82, 2.24) is 4.90 Å². The highest BCUT2D eigenvalue weighted by Crippen LogP contribution is 2.26.